The van der Waals surface area contributed by atoms with Crippen molar-refractivity contribution in [2.75, 3.05) is 11.9 Å². The molecule has 6 heteroatoms. The van der Waals surface area contributed by atoms with Crippen molar-refractivity contribution >= 4 is 34.7 Å². The summed E-state index contributed by atoms with van der Waals surface area (Å²) < 4.78 is 0. The van der Waals surface area contributed by atoms with Gasteiger partial charge in [-0.25, -0.2) is 4.98 Å². The predicted octanol–water partition coefficient (Wildman–Crippen LogP) is 4.65. The molecule has 2 aromatic carbocycles. The summed E-state index contributed by atoms with van der Waals surface area (Å²) in [6.45, 7) is 2.03. The molecule has 0 saturated carbocycles. The van der Waals surface area contributed by atoms with E-state index in [1.807, 2.05) is 36.4 Å². The minimum Gasteiger partial charge on any atom is -0.354 e. The zero-order valence-electron chi connectivity index (χ0n) is 15.4. The number of benzene rings is 2. The van der Waals surface area contributed by atoms with Gasteiger partial charge in [0.15, 0.2) is 5.78 Å². The van der Waals surface area contributed by atoms with E-state index in [9.17, 15) is 9.59 Å². The Morgan fingerprint density at radius 1 is 1.00 bits per heavy atom. The standard InChI is InChI=1S/C22H20ClN3O2/c1-15(27)17-5-3-7-19(13-17)26-20-8-9-21(25-14-20)22(28)24-11-10-16-4-2-6-18(23)12-16/h2-9,12-14,26H,10-11H2,1H3,(H,24,28). The first-order valence-corrected chi connectivity index (χ1v) is 9.26. The molecule has 0 fully saturated rings. The lowest BCUT2D eigenvalue weighted by atomic mass is 10.1. The summed E-state index contributed by atoms with van der Waals surface area (Å²) in [6.07, 6.45) is 2.28. The van der Waals surface area contributed by atoms with Crippen LogP contribution in [0.5, 0.6) is 0 Å². The number of pyridine rings is 1. The number of amides is 1. The fourth-order valence-corrected chi connectivity index (χ4v) is 2.90. The smallest absolute Gasteiger partial charge is 0.269 e. The molecular formula is C22H20ClN3O2. The molecule has 0 unspecified atom stereocenters. The van der Waals surface area contributed by atoms with Crippen LogP contribution in [-0.4, -0.2) is 23.2 Å². The van der Waals surface area contributed by atoms with Gasteiger partial charge in [0.1, 0.15) is 5.69 Å². The highest BCUT2D eigenvalue weighted by Gasteiger charge is 2.07. The molecule has 0 bridgehead atoms. The molecule has 3 aromatic rings. The SMILES string of the molecule is CC(=O)c1cccc(Nc2ccc(C(=O)NCCc3cccc(Cl)c3)nc2)c1. The van der Waals surface area contributed by atoms with Gasteiger partial charge < -0.3 is 10.6 Å². The van der Waals surface area contributed by atoms with E-state index in [0.717, 1.165) is 16.9 Å². The molecule has 1 amide bonds. The number of nitrogens with zero attached hydrogens (tertiary/aromatic N) is 1. The number of carbonyl (C=O) groups is 2. The zero-order chi connectivity index (χ0) is 19.9. The van der Waals surface area contributed by atoms with Crippen LogP contribution >= 0.6 is 11.6 Å². The number of ketones is 1. The maximum Gasteiger partial charge on any atom is 0.269 e. The van der Waals surface area contributed by atoms with E-state index in [-0.39, 0.29) is 11.7 Å². The van der Waals surface area contributed by atoms with Gasteiger partial charge in [0.25, 0.3) is 5.91 Å². The largest absolute Gasteiger partial charge is 0.354 e. The number of aromatic nitrogens is 1. The van der Waals surface area contributed by atoms with Crippen LogP contribution in [0.1, 0.15) is 33.3 Å². The average Bonchev–Trinajstić information content (AvgIpc) is 2.69. The maximum atomic E-state index is 12.2. The lowest BCUT2D eigenvalue weighted by Crippen LogP contribution is -2.26. The molecule has 5 nitrogen and oxygen atoms in total. The summed E-state index contributed by atoms with van der Waals surface area (Å²) in [4.78, 5) is 27.9. The highest BCUT2D eigenvalue weighted by Crippen LogP contribution is 2.17. The predicted molar refractivity (Wildman–Crippen MR) is 111 cm³/mol. The van der Waals surface area contributed by atoms with Crippen molar-refractivity contribution < 1.29 is 9.59 Å². The molecule has 1 aromatic heterocycles. The van der Waals surface area contributed by atoms with E-state index in [1.165, 1.54) is 6.92 Å². The van der Waals surface area contributed by atoms with Crippen molar-refractivity contribution in [2.45, 2.75) is 13.3 Å². The normalized spacial score (nSPS) is 10.4. The van der Waals surface area contributed by atoms with Gasteiger partial charge in [-0.2, -0.15) is 0 Å². The first-order chi connectivity index (χ1) is 13.5. The number of halogens is 1. The van der Waals surface area contributed by atoms with Gasteiger partial charge in [-0.3, -0.25) is 9.59 Å². The summed E-state index contributed by atoms with van der Waals surface area (Å²) in [5, 5.41) is 6.71. The van der Waals surface area contributed by atoms with Gasteiger partial charge >= 0.3 is 0 Å². The second-order valence-corrected chi connectivity index (χ2v) is 6.77. The monoisotopic (exact) mass is 393 g/mol. The first kappa shape index (κ1) is 19.6. The number of Topliss-reactive ketones (excluding diaryl/α,β-unsaturated/α-hetero) is 1. The Morgan fingerprint density at radius 2 is 1.82 bits per heavy atom. The number of anilines is 2. The van der Waals surface area contributed by atoms with Crippen LogP contribution in [0.3, 0.4) is 0 Å². The van der Waals surface area contributed by atoms with Crippen molar-refractivity contribution in [2.24, 2.45) is 0 Å². The number of hydrogen-bond acceptors (Lipinski definition) is 4. The first-order valence-electron chi connectivity index (χ1n) is 8.88. The van der Waals surface area contributed by atoms with E-state index >= 15 is 0 Å². The summed E-state index contributed by atoms with van der Waals surface area (Å²) in [7, 11) is 0. The summed E-state index contributed by atoms with van der Waals surface area (Å²) in [5.74, 6) is -0.223. The molecule has 0 aliphatic rings. The summed E-state index contributed by atoms with van der Waals surface area (Å²) in [6, 6.07) is 18.2. The minimum atomic E-state index is -0.229. The number of rotatable bonds is 7. The van der Waals surface area contributed by atoms with Crippen molar-refractivity contribution in [3.8, 4) is 0 Å². The highest BCUT2D eigenvalue weighted by atomic mass is 35.5. The van der Waals surface area contributed by atoms with Crippen LogP contribution in [0, 0.1) is 0 Å². The van der Waals surface area contributed by atoms with Crippen LogP contribution < -0.4 is 10.6 Å². The fourth-order valence-electron chi connectivity index (χ4n) is 2.69. The Balaban J connectivity index is 1.55. The van der Waals surface area contributed by atoms with E-state index in [0.29, 0.717) is 29.2 Å². The Hall–Kier alpha value is -3.18. The molecule has 28 heavy (non-hydrogen) atoms. The molecule has 0 spiro atoms. The van der Waals surface area contributed by atoms with E-state index in [1.54, 1.807) is 30.5 Å². The van der Waals surface area contributed by atoms with E-state index in [2.05, 4.69) is 15.6 Å². The third-order valence-electron chi connectivity index (χ3n) is 4.14. The van der Waals surface area contributed by atoms with Gasteiger partial charge in [-0.1, -0.05) is 35.9 Å². The fraction of sp³-hybridized carbons (Fsp3) is 0.136. The Bertz CT molecular complexity index is 987. The molecule has 1 heterocycles. The number of hydrogen-bond donors (Lipinski definition) is 2. The van der Waals surface area contributed by atoms with Crippen LogP contribution in [0.4, 0.5) is 11.4 Å². The molecule has 142 valence electrons. The molecule has 2 N–H and O–H groups in total. The van der Waals surface area contributed by atoms with Crippen molar-refractivity contribution in [1.29, 1.82) is 0 Å². The Labute approximate surface area is 168 Å². The van der Waals surface area contributed by atoms with Crippen LogP contribution in [0.15, 0.2) is 66.9 Å². The molecule has 0 aliphatic carbocycles. The van der Waals surface area contributed by atoms with Crippen LogP contribution in [0.25, 0.3) is 0 Å². The minimum absolute atomic E-state index is 0.00608. The lowest BCUT2D eigenvalue weighted by molar-refractivity contribution is 0.0948. The quantitative estimate of drug-likeness (QED) is 0.573. The number of carbonyl (C=O) groups excluding carboxylic acids is 2. The van der Waals surface area contributed by atoms with Crippen molar-refractivity contribution in [3.05, 3.63) is 88.7 Å². The zero-order valence-corrected chi connectivity index (χ0v) is 16.2. The topological polar surface area (TPSA) is 71.1 Å². The van der Waals surface area contributed by atoms with Gasteiger partial charge in [0.05, 0.1) is 11.9 Å². The van der Waals surface area contributed by atoms with Crippen LogP contribution in [-0.2, 0) is 6.42 Å². The second kappa shape index (κ2) is 9.15. The van der Waals surface area contributed by atoms with Crippen molar-refractivity contribution in [1.82, 2.24) is 10.3 Å². The summed E-state index contributed by atoms with van der Waals surface area (Å²) >= 11 is 5.96. The average molecular weight is 394 g/mol. The molecule has 0 atom stereocenters. The summed E-state index contributed by atoms with van der Waals surface area (Å²) in [5.41, 5.74) is 3.56. The van der Waals surface area contributed by atoms with E-state index in [4.69, 9.17) is 11.6 Å². The highest BCUT2D eigenvalue weighted by molar-refractivity contribution is 6.30. The molecule has 0 radical (unpaired) electrons. The molecular weight excluding hydrogens is 374 g/mol. The molecule has 0 aliphatic heterocycles. The lowest BCUT2D eigenvalue weighted by Gasteiger charge is -2.09. The Kier molecular flexibility index (Phi) is 6.40. The third-order valence-corrected chi connectivity index (χ3v) is 4.38. The molecule has 3 rings (SSSR count). The van der Waals surface area contributed by atoms with Gasteiger partial charge in [-0.05, 0) is 55.3 Å². The van der Waals surface area contributed by atoms with Gasteiger partial charge in [0, 0.05) is 22.8 Å². The van der Waals surface area contributed by atoms with Crippen LogP contribution in [0.2, 0.25) is 5.02 Å². The van der Waals surface area contributed by atoms with Gasteiger partial charge in [0.2, 0.25) is 0 Å². The van der Waals surface area contributed by atoms with Crippen molar-refractivity contribution in [3.63, 3.8) is 0 Å². The number of nitrogens with one attached hydrogen (secondary N) is 2. The van der Waals surface area contributed by atoms with E-state index < -0.39 is 0 Å². The third kappa shape index (κ3) is 5.41. The maximum absolute atomic E-state index is 12.2. The second-order valence-electron chi connectivity index (χ2n) is 6.33. The Morgan fingerprint density at radius 3 is 2.54 bits per heavy atom. The molecule has 0 saturated heterocycles. The van der Waals surface area contributed by atoms with Gasteiger partial charge in [-0.15, -0.1) is 0 Å².